The summed E-state index contributed by atoms with van der Waals surface area (Å²) in [5.74, 6) is -0.926. The van der Waals surface area contributed by atoms with Gasteiger partial charge in [-0.15, -0.1) is 0 Å². The van der Waals surface area contributed by atoms with E-state index in [1.807, 2.05) is 49.7 Å². The van der Waals surface area contributed by atoms with Gasteiger partial charge in [0, 0.05) is 31.2 Å². The van der Waals surface area contributed by atoms with Crippen molar-refractivity contribution >= 4 is 27.6 Å². The SMILES string of the molecule is [2H]c1c(C)c([2H])c(-c2c(C)ccc3c2oc2c([N+]#[C-])c(C([2H])(C)C)ccc23)[n+](C)c1C. The Kier molecular flexibility index (Phi) is 3.45. The maximum absolute atomic E-state index is 8.76. The van der Waals surface area contributed by atoms with E-state index in [-0.39, 0.29) is 0 Å². The van der Waals surface area contributed by atoms with Gasteiger partial charge in [-0.3, -0.25) is 0 Å². The van der Waals surface area contributed by atoms with Gasteiger partial charge in [-0.2, -0.15) is 4.57 Å². The van der Waals surface area contributed by atoms with Gasteiger partial charge in [0.25, 0.3) is 0 Å². The van der Waals surface area contributed by atoms with Crippen LogP contribution in [0.3, 0.4) is 0 Å². The highest BCUT2D eigenvalue weighted by Gasteiger charge is 2.24. The molecule has 4 rings (SSSR count). The van der Waals surface area contributed by atoms with Crippen molar-refractivity contribution in [3.8, 4) is 11.3 Å². The van der Waals surface area contributed by atoms with Crippen molar-refractivity contribution in [2.45, 2.75) is 40.5 Å². The molecule has 0 unspecified atom stereocenters. The summed E-state index contributed by atoms with van der Waals surface area (Å²) in [7, 11) is 1.87. The summed E-state index contributed by atoms with van der Waals surface area (Å²) in [4.78, 5) is 3.73. The standard InChI is InChI=1S/C25H25N2O/c1-14(2)18-10-11-20-19-9-8-16(4)22(24(19)28-25(20)23(18)26-6)21-13-15(3)12-17(5)27(21)7/h8-14H,1-5,7H3/q+1/i12D,13D,14D. The molecular weight excluding hydrogens is 344 g/mol. The number of nitrogens with zero attached hydrogens (tertiary/aromatic N) is 2. The van der Waals surface area contributed by atoms with Crippen LogP contribution in [0.2, 0.25) is 0 Å². The summed E-state index contributed by atoms with van der Waals surface area (Å²) in [5.41, 5.74) is 5.95. The van der Waals surface area contributed by atoms with Crippen LogP contribution in [0.25, 0.3) is 38.0 Å². The molecule has 0 atom stereocenters. The van der Waals surface area contributed by atoms with Crippen molar-refractivity contribution in [3.05, 3.63) is 70.2 Å². The molecule has 0 radical (unpaired) electrons. The first kappa shape index (κ1) is 14.9. The summed E-state index contributed by atoms with van der Waals surface area (Å²) in [5, 5.41) is 1.70. The van der Waals surface area contributed by atoms with Crippen molar-refractivity contribution in [1.82, 2.24) is 0 Å². The molecule has 2 aromatic heterocycles. The molecule has 4 aromatic rings. The van der Waals surface area contributed by atoms with E-state index in [1.165, 1.54) is 0 Å². The van der Waals surface area contributed by atoms with Crippen LogP contribution in [-0.4, -0.2) is 0 Å². The Bertz CT molecular complexity index is 1410. The van der Waals surface area contributed by atoms with Gasteiger partial charge in [-0.25, -0.2) is 4.85 Å². The topological polar surface area (TPSA) is 21.4 Å². The van der Waals surface area contributed by atoms with Gasteiger partial charge in [0.15, 0.2) is 5.69 Å². The van der Waals surface area contributed by atoms with Crippen molar-refractivity contribution in [3.63, 3.8) is 0 Å². The van der Waals surface area contributed by atoms with Gasteiger partial charge in [-0.05, 0) is 36.4 Å². The first-order valence-electron chi connectivity index (χ1n) is 10.8. The Morgan fingerprint density at radius 2 is 1.75 bits per heavy atom. The molecule has 2 aromatic carbocycles. The second kappa shape index (κ2) is 6.49. The third kappa shape index (κ3) is 2.60. The molecule has 2 heterocycles. The third-order valence-corrected chi connectivity index (χ3v) is 5.39. The molecule has 0 aliphatic heterocycles. The smallest absolute Gasteiger partial charge is 0.232 e. The minimum absolute atomic E-state index is 0.299. The number of aromatic nitrogens is 1. The fourth-order valence-electron chi connectivity index (χ4n) is 3.84. The fourth-order valence-corrected chi connectivity index (χ4v) is 3.84. The van der Waals surface area contributed by atoms with E-state index in [0.717, 1.165) is 27.6 Å². The molecule has 140 valence electrons. The van der Waals surface area contributed by atoms with Crippen LogP contribution in [0.5, 0.6) is 0 Å². The molecule has 0 fully saturated rings. The zero-order valence-electron chi connectivity index (χ0n) is 20.1. The molecule has 3 heteroatoms. The van der Waals surface area contributed by atoms with Crippen LogP contribution in [0, 0.1) is 27.3 Å². The lowest BCUT2D eigenvalue weighted by atomic mass is 9.97. The zero-order valence-corrected chi connectivity index (χ0v) is 17.1. The average Bonchev–Trinajstić information content (AvgIpc) is 3.09. The van der Waals surface area contributed by atoms with Crippen LogP contribution in [-0.2, 0) is 7.05 Å². The van der Waals surface area contributed by atoms with E-state index in [2.05, 4.69) is 4.85 Å². The van der Waals surface area contributed by atoms with Crippen LogP contribution in [0.1, 0.15) is 46.2 Å². The number of hydrogen-bond donors (Lipinski definition) is 0. The van der Waals surface area contributed by atoms with Crippen LogP contribution >= 0.6 is 0 Å². The molecule has 0 amide bonds. The van der Waals surface area contributed by atoms with Crippen molar-refractivity contribution in [2.75, 3.05) is 0 Å². The maximum atomic E-state index is 8.76. The highest BCUT2D eigenvalue weighted by Crippen LogP contribution is 2.43. The third-order valence-electron chi connectivity index (χ3n) is 5.39. The fraction of sp³-hybridized carbons (Fsp3) is 0.280. The maximum Gasteiger partial charge on any atom is 0.232 e. The molecule has 0 aliphatic carbocycles. The Morgan fingerprint density at radius 1 is 1.07 bits per heavy atom. The highest BCUT2D eigenvalue weighted by molar-refractivity contribution is 6.13. The lowest BCUT2D eigenvalue weighted by Crippen LogP contribution is -2.35. The van der Waals surface area contributed by atoms with E-state index in [4.69, 9.17) is 15.1 Å². The largest absolute Gasteiger partial charge is 0.466 e. The van der Waals surface area contributed by atoms with Gasteiger partial charge in [0.05, 0.1) is 14.9 Å². The number of rotatable bonds is 2. The minimum Gasteiger partial charge on any atom is -0.466 e. The lowest BCUT2D eigenvalue weighted by molar-refractivity contribution is -0.666. The first-order valence-corrected chi connectivity index (χ1v) is 9.32. The molecular formula is C25H25N2O+. The molecule has 0 spiro atoms. The van der Waals surface area contributed by atoms with E-state index in [9.17, 15) is 0 Å². The van der Waals surface area contributed by atoms with Gasteiger partial charge in [-0.1, -0.05) is 38.1 Å². The zero-order chi connectivity index (χ0) is 22.8. The molecule has 3 nitrogen and oxygen atoms in total. The number of fused-ring (bicyclic) bond motifs is 3. The lowest BCUT2D eigenvalue weighted by Gasteiger charge is -2.08. The monoisotopic (exact) mass is 372 g/mol. The van der Waals surface area contributed by atoms with Gasteiger partial charge in [0.2, 0.25) is 11.4 Å². The number of hydrogen-bond acceptors (Lipinski definition) is 1. The van der Waals surface area contributed by atoms with Crippen LogP contribution < -0.4 is 4.57 Å². The summed E-state index contributed by atoms with van der Waals surface area (Å²) in [6.45, 7) is 16.9. The minimum atomic E-state index is -0.926. The summed E-state index contributed by atoms with van der Waals surface area (Å²) >= 11 is 0. The van der Waals surface area contributed by atoms with Crippen molar-refractivity contribution in [1.29, 1.82) is 0 Å². The number of pyridine rings is 1. The van der Waals surface area contributed by atoms with E-state index >= 15 is 0 Å². The Hall–Kier alpha value is -3.12. The van der Waals surface area contributed by atoms with Crippen molar-refractivity contribution in [2.24, 2.45) is 7.05 Å². The van der Waals surface area contributed by atoms with Gasteiger partial charge in [0.1, 0.15) is 18.2 Å². The number of furan rings is 1. The highest BCUT2D eigenvalue weighted by atomic mass is 16.3. The second-order valence-corrected chi connectivity index (χ2v) is 7.55. The number of benzene rings is 2. The van der Waals surface area contributed by atoms with E-state index in [0.29, 0.717) is 45.8 Å². The first-order chi connectivity index (χ1) is 14.5. The average molecular weight is 373 g/mol. The molecule has 0 bridgehead atoms. The van der Waals surface area contributed by atoms with Gasteiger partial charge < -0.3 is 4.42 Å². The van der Waals surface area contributed by atoms with Crippen LogP contribution in [0.15, 0.2) is 40.8 Å². The van der Waals surface area contributed by atoms with E-state index in [1.54, 1.807) is 20.8 Å². The normalized spacial score (nSPS) is 13.4. The Morgan fingerprint density at radius 3 is 2.43 bits per heavy atom. The van der Waals surface area contributed by atoms with E-state index < -0.39 is 5.89 Å². The Labute approximate surface area is 170 Å². The number of aryl methyl sites for hydroxylation is 1. The molecule has 0 saturated heterocycles. The van der Waals surface area contributed by atoms with Crippen LogP contribution in [0.4, 0.5) is 5.69 Å². The molecule has 28 heavy (non-hydrogen) atoms. The predicted molar refractivity (Wildman–Crippen MR) is 115 cm³/mol. The summed E-state index contributed by atoms with van der Waals surface area (Å²) < 4.78 is 33.7. The van der Waals surface area contributed by atoms with Gasteiger partial charge >= 0.3 is 0 Å². The molecule has 0 N–H and O–H groups in total. The molecule has 0 saturated carbocycles. The Balaban J connectivity index is 2.20. The summed E-state index contributed by atoms with van der Waals surface area (Å²) in [6.07, 6.45) is 0. The quantitative estimate of drug-likeness (QED) is 0.284. The molecule has 0 aliphatic rings. The predicted octanol–water partition coefficient (Wildman–Crippen LogP) is 6.68. The van der Waals surface area contributed by atoms with Crippen molar-refractivity contribution < 1.29 is 13.1 Å². The summed E-state index contributed by atoms with van der Waals surface area (Å²) in [6, 6.07) is 8.42. The second-order valence-electron chi connectivity index (χ2n) is 7.55.